The van der Waals surface area contributed by atoms with Gasteiger partial charge in [-0.3, -0.25) is 4.90 Å². The van der Waals surface area contributed by atoms with Crippen molar-refractivity contribution in [3.63, 3.8) is 0 Å². The molecule has 3 rings (SSSR count). The molecule has 1 aromatic carbocycles. The number of hydrogen-bond acceptors (Lipinski definition) is 3. The van der Waals surface area contributed by atoms with Crippen LogP contribution in [0.1, 0.15) is 18.1 Å². The molecule has 1 heterocycles. The SMILES string of the molecule is CCN1CCOC(COc2cccc3c2CC=C3)C1. The maximum absolute atomic E-state index is 5.99. The minimum Gasteiger partial charge on any atom is -0.491 e. The van der Waals surface area contributed by atoms with E-state index in [9.17, 15) is 0 Å². The predicted octanol–water partition coefficient (Wildman–Crippen LogP) is 2.36. The fourth-order valence-corrected chi connectivity index (χ4v) is 2.75. The Morgan fingerprint density at radius 1 is 1.42 bits per heavy atom. The smallest absolute Gasteiger partial charge is 0.123 e. The zero-order valence-corrected chi connectivity index (χ0v) is 11.5. The standard InChI is InChI=1S/C16H21NO2/c1-2-17-9-10-18-14(11-17)12-19-16-8-4-6-13-5-3-7-15(13)16/h3-6,8,14H,2,7,9-12H2,1H3. The second kappa shape index (κ2) is 5.76. The second-order valence-electron chi connectivity index (χ2n) is 5.13. The van der Waals surface area contributed by atoms with Gasteiger partial charge in [-0.25, -0.2) is 0 Å². The van der Waals surface area contributed by atoms with Gasteiger partial charge in [0.1, 0.15) is 18.5 Å². The quantitative estimate of drug-likeness (QED) is 0.828. The summed E-state index contributed by atoms with van der Waals surface area (Å²) >= 11 is 0. The van der Waals surface area contributed by atoms with Crippen LogP contribution in [-0.4, -0.2) is 43.9 Å². The number of nitrogens with zero attached hydrogens (tertiary/aromatic N) is 1. The minimum absolute atomic E-state index is 0.193. The average molecular weight is 259 g/mol. The van der Waals surface area contributed by atoms with Crippen molar-refractivity contribution in [1.29, 1.82) is 0 Å². The second-order valence-corrected chi connectivity index (χ2v) is 5.13. The third-order valence-corrected chi connectivity index (χ3v) is 3.88. The van der Waals surface area contributed by atoms with Gasteiger partial charge in [-0.05, 0) is 24.6 Å². The third kappa shape index (κ3) is 2.82. The van der Waals surface area contributed by atoms with Crippen molar-refractivity contribution in [3.8, 4) is 5.75 Å². The molecule has 0 aromatic heterocycles. The van der Waals surface area contributed by atoms with E-state index in [1.807, 2.05) is 0 Å². The maximum atomic E-state index is 5.99. The van der Waals surface area contributed by atoms with E-state index >= 15 is 0 Å². The van der Waals surface area contributed by atoms with E-state index in [0.717, 1.165) is 38.4 Å². The van der Waals surface area contributed by atoms with Gasteiger partial charge in [0.25, 0.3) is 0 Å². The molecular formula is C16H21NO2. The fourth-order valence-electron chi connectivity index (χ4n) is 2.75. The largest absolute Gasteiger partial charge is 0.491 e. The number of fused-ring (bicyclic) bond motifs is 1. The molecule has 3 heteroatoms. The summed E-state index contributed by atoms with van der Waals surface area (Å²) in [6.07, 6.45) is 5.53. The van der Waals surface area contributed by atoms with Crippen LogP contribution in [0.2, 0.25) is 0 Å². The summed E-state index contributed by atoms with van der Waals surface area (Å²) in [5.74, 6) is 1.01. The average Bonchev–Trinajstić information content (AvgIpc) is 2.94. The highest BCUT2D eigenvalue weighted by molar-refractivity contribution is 5.63. The van der Waals surface area contributed by atoms with Crippen LogP contribution in [0, 0.1) is 0 Å². The topological polar surface area (TPSA) is 21.7 Å². The molecule has 102 valence electrons. The van der Waals surface area contributed by atoms with Gasteiger partial charge >= 0.3 is 0 Å². The van der Waals surface area contributed by atoms with E-state index in [-0.39, 0.29) is 6.10 Å². The highest BCUT2D eigenvalue weighted by Crippen LogP contribution is 2.28. The lowest BCUT2D eigenvalue weighted by Gasteiger charge is -2.32. The van der Waals surface area contributed by atoms with E-state index in [1.54, 1.807) is 0 Å². The molecule has 1 unspecified atom stereocenters. The molecule has 1 aliphatic carbocycles. The van der Waals surface area contributed by atoms with Gasteiger partial charge in [0.15, 0.2) is 0 Å². The van der Waals surface area contributed by atoms with Crippen molar-refractivity contribution in [3.05, 3.63) is 35.4 Å². The van der Waals surface area contributed by atoms with Crippen molar-refractivity contribution < 1.29 is 9.47 Å². The Labute approximate surface area is 114 Å². The van der Waals surface area contributed by atoms with Crippen molar-refractivity contribution in [2.45, 2.75) is 19.4 Å². The van der Waals surface area contributed by atoms with Gasteiger partial charge in [0.05, 0.1) is 6.61 Å². The van der Waals surface area contributed by atoms with E-state index in [0.29, 0.717) is 6.61 Å². The molecule has 0 radical (unpaired) electrons. The third-order valence-electron chi connectivity index (χ3n) is 3.88. The van der Waals surface area contributed by atoms with Crippen molar-refractivity contribution in [2.24, 2.45) is 0 Å². The molecule has 0 bridgehead atoms. The molecule has 1 aromatic rings. The van der Waals surface area contributed by atoms with E-state index in [2.05, 4.69) is 42.2 Å². The normalized spacial score (nSPS) is 22.5. The van der Waals surface area contributed by atoms with E-state index in [1.165, 1.54) is 11.1 Å². The lowest BCUT2D eigenvalue weighted by molar-refractivity contribution is -0.0465. The summed E-state index contributed by atoms with van der Waals surface area (Å²) in [6, 6.07) is 6.26. The molecule has 0 N–H and O–H groups in total. The number of hydrogen-bond donors (Lipinski definition) is 0. The predicted molar refractivity (Wildman–Crippen MR) is 76.5 cm³/mol. The Bertz CT molecular complexity index is 470. The summed E-state index contributed by atoms with van der Waals surface area (Å²) in [7, 11) is 0. The molecule has 3 nitrogen and oxygen atoms in total. The summed E-state index contributed by atoms with van der Waals surface area (Å²) in [5, 5.41) is 0. The molecule has 0 spiro atoms. The number of ether oxygens (including phenoxy) is 2. The molecule has 1 aliphatic heterocycles. The van der Waals surface area contributed by atoms with E-state index in [4.69, 9.17) is 9.47 Å². The molecule has 0 amide bonds. The van der Waals surface area contributed by atoms with Crippen molar-refractivity contribution >= 4 is 6.08 Å². The van der Waals surface area contributed by atoms with Crippen LogP contribution in [0.15, 0.2) is 24.3 Å². The monoisotopic (exact) mass is 259 g/mol. The Morgan fingerprint density at radius 3 is 3.26 bits per heavy atom. The summed E-state index contributed by atoms with van der Waals surface area (Å²) in [5.41, 5.74) is 2.60. The number of morpholine rings is 1. The Balaban J connectivity index is 1.59. The number of benzene rings is 1. The zero-order chi connectivity index (χ0) is 13.1. The van der Waals surface area contributed by atoms with Gasteiger partial charge in [0.2, 0.25) is 0 Å². The van der Waals surface area contributed by atoms with Crippen molar-refractivity contribution in [1.82, 2.24) is 4.90 Å². The Morgan fingerprint density at radius 2 is 2.37 bits per heavy atom. The highest BCUT2D eigenvalue weighted by Gasteiger charge is 2.20. The molecule has 2 aliphatic rings. The molecule has 1 atom stereocenters. The molecule has 19 heavy (non-hydrogen) atoms. The van der Waals surface area contributed by atoms with Gasteiger partial charge in [-0.2, -0.15) is 0 Å². The van der Waals surface area contributed by atoms with E-state index < -0.39 is 0 Å². The Hall–Kier alpha value is -1.32. The first-order chi connectivity index (χ1) is 9.36. The molecule has 0 saturated carbocycles. The summed E-state index contributed by atoms with van der Waals surface area (Å²) in [6.45, 7) is 6.76. The summed E-state index contributed by atoms with van der Waals surface area (Å²) < 4.78 is 11.8. The van der Waals surface area contributed by atoms with Crippen LogP contribution >= 0.6 is 0 Å². The van der Waals surface area contributed by atoms with Crippen LogP contribution in [0.4, 0.5) is 0 Å². The Kier molecular flexibility index (Phi) is 3.85. The molecule has 1 fully saturated rings. The van der Waals surface area contributed by atoms with Crippen LogP contribution < -0.4 is 4.74 Å². The first-order valence-electron chi connectivity index (χ1n) is 7.12. The van der Waals surface area contributed by atoms with Crippen molar-refractivity contribution in [2.75, 3.05) is 32.8 Å². The maximum Gasteiger partial charge on any atom is 0.123 e. The van der Waals surface area contributed by atoms with Gasteiger partial charge in [-0.1, -0.05) is 31.2 Å². The van der Waals surface area contributed by atoms with Crippen LogP contribution in [0.3, 0.4) is 0 Å². The lowest BCUT2D eigenvalue weighted by atomic mass is 10.1. The number of likely N-dealkylation sites (N-methyl/N-ethyl adjacent to an activating group) is 1. The first kappa shape index (κ1) is 12.7. The molecular weight excluding hydrogens is 238 g/mol. The van der Waals surface area contributed by atoms with Gasteiger partial charge < -0.3 is 9.47 Å². The number of rotatable bonds is 4. The van der Waals surface area contributed by atoms with Crippen LogP contribution in [0.25, 0.3) is 6.08 Å². The highest BCUT2D eigenvalue weighted by atomic mass is 16.5. The van der Waals surface area contributed by atoms with Crippen LogP contribution in [-0.2, 0) is 11.2 Å². The van der Waals surface area contributed by atoms with Crippen LogP contribution in [0.5, 0.6) is 5.75 Å². The number of allylic oxidation sites excluding steroid dienone is 1. The first-order valence-corrected chi connectivity index (χ1v) is 7.12. The fraction of sp³-hybridized carbons (Fsp3) is 0.500. The zero-order valence-electron chi connectivity index (χ0n) is 11.5. The van der Waals surface area contributed by atoms with Gasteiger partial charge in [-0.15, -0.1) is 0 Å². The summed E-state index contributed by atoms with van der Waals surface area (Å²) in [4.78, 5) is 2.41. The lowest BCUT2D eigenvalue weighted by Crippen LogP contribution is -2.44. The minimum atomic E-state index is 0.193. The van der Waals surface area contributed by atoms with Gasteiger partial charge in [0, 0.05) is 18.7 Å². The molecule has 1 saturated heterocycles.